The normalized spacial score (nSPS) is 19.3. The van der Waals surface area contributed by atoms with Crippen LogP contribution >= 0.6 is 0 Å². The first-order valence-corrected chi connectivity index (χ1v) is 10.8. The molecule has 0 spiro atoms. The van der Waals surface area contributed by atoms with Crippen LogP contribution in [0.4, 0.5) is 26.3 Å². The molecule has 1 fully saturated rings. The van der Waals surface area contributed by atoms with Crippen LogP contribution in [0.1, 0.15) is 42.0 Å². The lowest BCUT2D eigenvalue weighted by atomic mass is 9.81. The monoisotopic (exact) mass is 482 g/mol. The average molecular weight is 482 g/mol. The van der Waals surface area contributed by atoms with E-state index in [4.69, 9.17) is 0 Å². The van der Waals surface area contributed by atoms with Crippen molar-refractivity contribution in [2.45, 2.75) is 48.4 Å². The van der Waals surface area contributed by atoms with Gasteiger partial charge >= 0.3 is 12.5 Å². The lowest BCUT2D eigenvalue weighted by Crippen LogP contribution is -2.36. The fourth-order valence-corrected chi connectivity index (χ4v) is 5.30. The van der Waals surface area contributed by atoms with Gasteiger partial charge in [0.1, 0.15) is 11.4 Å². The number of alkyl halides is 6. The Morgan fingerprint density at radius 1 is 1.09 bits per heavy atom. The number of hydrogen-bond donors (Lipinski definition) is 0. The molecular formula is C19H16F6N2O4S. The molecule has 0 unspecified atom stereocenters. The number of carbonyl (C=O) groups is 1. The Morgan fingerprint density at radius 2 is 1.78 bits per heavy atom. The highest BCUT2D eigenvalue weighted by Crippen LogP contribution is 2.40. The molecule has 2 aromatic rings. The zero-order valence-electron chi connectivity index (χ0n) is 16.2. The molecule has 6 nitrogen and oxygen atoms in total. The summed E-state index contributed by atoms with van der Waals surface area (Å²) >= 11 is 0. The quantitative estimate of drug-likeness (QED) is 0.423. The number of benzene rings is 1. The maximum absolute atomic E-state index is 12.7. The van der Waals surface area contributed by atoms with Crippen molar-refractivity contribution in [2.75, 3.05) is 0 Å². The van der Waals surface area contributed by atoms with Crippen LogP contribution in [0.3, 0.4) is 0 Å². The highest BCUT2D eigenvalue weighted by molar-refractivity contribution is 7.92. The third-order valence-corrected chi connectivity index (χ3v) is 7.15. The van der Waals surface area contributed by atoms with E-state index in [1.165, 1.54) is 6.07 Å². The Labute approximate surface area is 178 Å². The van der Waals surface area contributed by atoms with E-state index in [0.717, 1.165) is 30.5 Å². The molecule has 174 valence electrons. The molecule has 0 aliphatic heterocycles. The summed E-state index contributed by atoms with van der Waals surface area (Å²) in [6.45, 7) is 0. The molecule has 0 N–H and O–H groups in total. The van der Waals surface area contributed by atoms with Gasteiger partial charge in [-0.3, -0.25) is 4.79 Å². The smallest absolute Gasteiger partial charge is 0.406 e. The van der Waals surface area contributed by atoms with Crippen LogP contribution in [0.5, 0.6) is 5.75 Å². The van der Waals surface area contributed by atoms with Gasteiger partial charge in [-0.25, -0.2) is 18.4 Å². The topological polar surface area (TPSA) is 86.2 Å². The number of rotatable bonds is 7. The molecule has 13 heteroatoms. The van der Waals surface area contributed by atoms with Crippen LogP contribution in [0.15, 0.2) is 41.4 Å². The molecule has 1 aromatic carbocycles. The average Bonchev–Trinajstić information content (AvgIpc) is 2.64. The van der Waals surface area contributed by atoms with Gasteiger partial charge in [-0.2, -0.15) is 13.2 Å². The second-order valence-electron chi connectivity index (χ2n) is 7.25. The molecule has 0 saturated heterocycles. The van der Waals surface area contributed by atoms with Crippen molar-refractivity contribution in [3.8, 4) is 5.75 Å². The van der Waals surface area contributed by atoms with Gasteiger partial charge in [-0.05, 0) is 49.4 Å². The van der Waals surface area contributed by atoms with E-state index in [1.54, 1.807) is 0 Å². The first-order chi connectivity index (χ1) is 14.8. The van der Waals surface area contributed by atoms with Gasteiger partial charge in [0.2, 0.25) is 5.82 Å². The van der Waals surface area contributed by atoms with Crippen LogP contribution in [0.2, 0.25) is 0 Å². The highest BCUT2D eigenvalue weighted by atomic mass is 32.2. The Morgan fingerprint density at radius 3 is 2.41 bits per heavy atom. The summed E-state index contributed by atoms with van der Waals surface area (Å²) in [5.74, 6) is -2.86. The third-order valence-electron chi connectivity index (χ3n) is 4.97. The summed E-state index contributed by atoms with van der Waals surface area (Å²) in [7, 11) is -3.90. The van der Waals surface area contributed by atoms with E-state index >= 15 is 0 Å². The maximum Gasteiger partial charge on any atom is 0.573 e. The number of ketones is 1. The second-order valence-corrected chi connectivity index (χ2v) is 9.48. The fraction of sp³-hybridized carbons (Fsp3) is 0.421. The molecule has 0 amide bonds. The Kier molecular flexibility index (Phi) is 6.50. The van der Waals surface area contributed by atoms with Gasteiger partial charge in [0.05, 0.1) is 10.1 Å². The first-order valence-electron chi connectivity index (χ1n) is 9.29. The summed E-state index contributed by atoms with van der Waals surface area (Å²) in [5, 5.41) is -0.834. The lowest BCUT2D eigenvalue weighted by molar-refractivity contribution is -0.274. The van der Waals surface area contributed by atoms with Crippen LogP contribution < -0.4 is 4.74 Å². The van der Waals surface area contributed by atoms with Crippen molar-refractivity contribution >= 4 is 15.6 Å². The zero-order valence-corrected chi connectivity index (χ0v) is 17.0. The highest BCUT2D eigenvalue weighted by Gasteiger charge is 2.40. The van der Waals surface area contributed by atoms with E-state index in [9.17, 15) is 39.6 Å². The maximum atomic E-state index is 12.7. The molecule has 1 aliphatic carbocycles. The van der Waals surface area contributed by atoms with Crippen molar-refractivity contribution in [3.05, 3.63) is 48.0 Å². The molecule has 0 radical (unpaired) electrons. The Hall–Kier alpha value is -2.70. The van der Waals surface area contributed by atoms with E-state index in [-0.39, 0.29) is 42.2 Å². The van der Waals surface area contributed by atoms with Crippen molar-refractivity contribution in [2.24, 2.45) is 5.92 Å². The first kappa shape index (κ1) is 24.0. The van der Waals surface area contributed by atoms with Crippen LogP contribution in [0, 0.1) is 5.92 Å². The number of sulfone groups is 1. The minimum atomic E-state index is -4.96. The lowest BCUT2D eigenvalue weighted by Gasteiger charge is -2.34. The standard InChI is InChI=1S/C19H16F6N2O4S/c20-18(21,22)17-26-7-6-15(27-17)16(28)5-4-11-8-14(9-11)32(29,30)13-3-1-2-12(10-13)31-19(23,24)25/h1-3,6-7,10-11,14H,4-5,8-9H2. The van der Waals surface area contributed by atoms with E-state index in [0.29, 0.717) is 0 Å². The van der Waals surface area contributed by atoms with Crippen LogP contribution in [0.25, 0.3) is 0 Å². The van der Waals surface area contributed by atoms with Gasteiger partial charge in [0, 0.05) is 12.6 Å². The van der Waals surface area contributed by atoms with Crippen molar-refractivity contribution in [1.82, 2.24) is 9.97 Å². The van der Waals surface area contributed by atoms with Crippen LogP contribution in [-0.4, -0.2) is 35.8 Å². The number of nitrogens with zero attached hydrogens (tertiary/aromatic N) is 2. The van der Waals surface area contributed by atoms with Gasteiger partial charge in [0.15, 0.2) is 15.6 Å². The molecular weight excluding hydrogens is 466 g/mol. The summed E-state index contributed by atoms with van der Waals surface area (Å²) in [5.41, 5.74) is -0.378. The predicted octanol–water partition coefficient (Wildman–Crippen LogP) is 4.61. The minimum absolute atomic E-state index is 0.124. The zero-order chi connectivity index (χ0) is 23.7. The minimum Gasteiger partial charge on any atom is -0.406 e. The number of Topliss-reactive ketones (excluding diaryl/α,β-unsaturated/α-hetero) is 1. The molecule has 0 atom stereocenters. The van der Waals surface area contributed by atoms with E-state index in [1.807, 2.05) is 0 Å². The fourth-order valence-electron chi connectivity index (χ4n) is 3.32. The second kappa shape index (κ2) is 8.68. The number of aromatic nitrogens is 2. The van der Waals surface area contributed by atoms with Gasteiger partial charge in [-0.15, -0.1) is 13.2 Å². The largest absolute Gasteiger partial charge is 0.573 e. The number of halogens is 6. The van der Waals surface area contributed by atoms with Gasteiger partial charge < -0.3 is 4.74 Å². The SMILES string of the molecule is O=C(CCC1CC(S(=O)(=O)c2cccc(OC(F)(F)F)c2)C1)c1ccnc(C(F)(F)F)n1. The predicted molar refractivity (Wildman–Crippen MR) is 97.4 cm³/mol. The molecule has 32 heavy (non-hydrogen) atoms. The molecule has 1 saturated carbocycles. The van der Waals surface area contributed by atoms with Crippen molar-refractivity contribution in [3.63, 3.8) is 0 Å². The summed E-state index contributed by atoms with van der Waals surface area (Å²) < 4.78 is 104. The van der Waals surface area contributed by atoms with Crippen molar-refractivity contribution < 1.29 is 44.3 Å². The third kappa shape index (κ3) is 5.75. The molecule has 1 aliphatic rings. The van der Waals surface area contributed by atoms with E-state index < -0.39 is 45.0 Å². The molecule has 3 rings (SSSR count). The van der Waals surface area contributed by atoms with Gasteiger partial charge in [0.25, 0.3) is 0 Å². The number of ether oxygens (including phenoxy) is 1. The summed E-state index contributed by atoms with van der Waals surface area (Å²) in [6.07, 6.45) is -8.43. The van der Waals surface area contributed by atoms with Gasteiger partial charge in [-0.1, -0.05) is 6.07 Å². The van der Waals surface area contributed by atoms with Crippen molar-refractivity contribution in [1.29, 1.82) is 0 Å². The Balaban J connectivity index is 1.56. The summed E-state index contributed by atoms with van der Waals surface area (Å²) in [6, 6.07) is 5.16. The number of hydrogen-bond acceptors (Lipinski definition) is 6. The molecule has 1 heterocycles. The molecule has 1 aromatic heterocycles. The molecule has 0 bridgehead atoms. The number of carbonyl (C=O) groups excluding carboxylic acids is 1. The van der Waals surface area contributed by atoms with Crippen LogP contribution in [-0.2, 0) is 16.0 Å². The Bertz CT molecular complexity index is 1100. The van der Waals surface area contributed by atoms with E-state index in [2.05, 4.69) is 14.7 Å². The summed E-state index contributed by atoms with van der Waals surface area (Å²) in [4.78, 5) is 18.1.